The number of hydrogen-bond acceptors (Lipinski definition) is 2. The molecule has 0 radical (unpaired) electrons. The van der Waals surface area contributed by atoms with Crippen molar-refractivity contribution < 1.29 is 0 Å². The van der Waals surface area contributed by atoms with Crippen LogP contribution in [0.25, 0.3) is 0 Å². The Morgan fingerprint density at radius 3 is 2.92 bits per heavy atom. The zero-order chi connectivity index (χ0) is 8.97. The number of likely N-dealkylation sites (tertiary alicyclic amines) is 1. The number of rotatable bonds is 4. The summed E-state index contributed by atoms with van der Waals surface area (Å²) in [6.07, 6.45) is 3.38. The van der Waals surface area contributed by atoms with E-state index in [1.807, 2.05) is 0 Å². The molecule has 0 amide bonds. The van der Waals surface area contributed by atoms with Gasteiger partial charge in [0.1, 0.15) is 0 Å². The Labute approximate surface area is 80.1 Å². The predicted molar refractivity (Wildman–Crippen MR) is 56.2 cm³/mol. The van der Waals surface area contributed by atoms with Crippen molar-refractivity contribution in [3.05, 3.63) is 0 Å². The molecule has 1 unspecified atom stereocenters. The summed E-state index contributed by atoms with van der Waals surface area (Å²) in [5.74, 6) is 0.884. The minimum atomic E-state index is 0.655. The summed E-state index contributed by atoms with van der Waals surface area (Å²) in [4.78, 5) is 3.16. The zero-order valence-electron chi connectivity index (χ0n) is 7.75. The van der Waals surface area contributed by atoms with Crippen LogP contribution < -0.4 is 5.73 Å². The van der Waals surface area contributed by atoms with Crippen LogP contribution in [-0.4, -0.2) is 29.5 Å². The molecule has 0 aromatic carbocycles. The molecule has 0 aliphatic carbocycles. The van der Waals surface area contributed by atoms with Crippen molar-refractivity contribution in [3.63, 3.8) is 0 Å². The van der Waals surface area contributed by atoms with Gasteiger partial charge >= 0.3 is 0 Å². The van der Waals surface area contributed by atoms with Crippen molar-refractivity contribution in [2.24, 2.45) is 11.7 Å². The molecule has 0 spiro atoms. The molecule has 1 aliphatic rings. The smallest absolute Gasteiger partial charge is 0.0727 e. The average Bonchev–Trinajstić information content (AvgIpc) is 2.35. The van der Waals surface area contributed by atoms with E-state index in [4.69, 9.17) is 18.0 Å². The van der Waals surface area contributed by atoms with E-state index in [0.29, 0.717) is 4.99 Å². The maximum Gasteiger partial charge on any atom is 0.0727 e. The second kappa shape index (κ2) is 4.77. The van der Waals surface area contributed by atoms with Crippen molar-refractivity contribution in [3.8, 4) is 0 Å². The number of hydrogen-bond donors (Lipinski definition) is 1. The fourth-order valence-electron chi connectivity index (χ4n) is 1.71. The molecule has 2 nitrogen and oxygen atoms in total. The van der Waals surface area contributed by atoms with Crippen LogP contribution in [0.2, 0.25) is 0 Å². The molecular weight excluding hydrogens is 168 g/mol. The Balaban J connectivity index is 2.04. The van der Waals surface area contributed by atoms with Gasteiger partial charge in [-0.05, 0) is 38.3 Å². The molecule has 1 fully saturated rings. The number of nitrogens with two attached hydrogens (primary N) is 1. The molecule has 70 valence electrons. The molecule has 12 heavy (non-hydrogen) atoms. The Hall–Kier alpha value is -0.150. The second-order valence-corrected chi connectivity index (χ2v) is 4.29. The quantitative estimate of drug-likeness (QED) is 0.673. The molecular formula is C9H18N2S. The lowest BCUT2D eigenvalue weighted by atomic mass is 10.2. The van der Waals surface area contributed by atoms with Crippen LogP contribution in [0, 0.1) is 5.92 Å². The Bertz CT molecular complexity index is 159. The molecule has 0 aromatic rings. The minimum Gasteiger partial charge on any atom is -0.393 e. The van der Waals surface area contributed by atoms with Crippen molar-refractivity contribution in [2.75, 3.05) is 19.6 Å². The third kappa shape index (κ3) is 3.50. The highest BCUT2D eigenvalue weighted by atomic mass is 32.1. The maximum absolute atomic E-state index is 5.42. The van der Waals surface area contributed by atoms with Gasteiger partial charge in [-0.2, -0.15) is 0 Å². The molecule has 3 heteroatoms. The molecule has 1 aliphatic heterocycles. The highest BCUT2D eigenvalue weighted by molar-refractivity contribution is 7.80. The summed E-state index contributed by atoms with van der Waals surface area (Å²) >= 11 is 4.82. The van der Waals surface area contributed by atoms with E-state index in [-0.39, 0.29) is 0 Å². The topological polar surface area (TPSA) is 29.3 Å². The van der Waals surface area contributed by atoms with Crippen LogP contribution in [0.15, 0.2) is 0 Å². The molecule has 0 saturated carbocycles. The number of nitrogens with zero attached hydrogens (tertiary/aromatic N) is 1. The van der Waals surface area contributed by atoms with E-state index in [2.05, 4.69) is 11.8 Å². The van der Waals surface area contributed by atoms with E-state index in [1.165, 1.54) is 26.1 Å². The largest absolute Gasteiger partial charge is 0.393 e. The van der Waals surface area contributed by atoms with Gasteiger partial charge in [0.05, 0.1) is 4.99 Å². The lowest BCUT2D eigenvalue weighted by Crippen LogP contribution is -2.22. The predicted octanol–water partition coefficient (Wildman–Crippen LogP) is 1.39. The van der Waals surface area contributed by atoms with Crippen LogP contribution in [0.1, 0.15) is 26.2 Å². The van der Waals surface area contributed by atoms with Gasteiger partial charge in [0.25, 0.3) is 0 Å². The van der Waals surface area contributed by atoms with Gasteiger partial charge < -0.3 is 10.6 Å². The molecule has 2 N–H and O–H groups in total. The molecule has 1 heterocycles. The molecule has 1 rings (SSSR count). The first-order valence-electron chi connectivity index (χ1n) is 4.69. The number of thiocarbonyl (C=S) groups is 1. The lowest BCUT2D eigenvalue weighted by molar-refractivity contribution is 0.325. The third-order valence-corrected chi connectivity index (χ3v) is 2.61. The monoisotopic (exact) mass is 186 g/mol. The average molecular weight is 186 g/mol. The van der Waals surface area contributed by atoms with E-state index in [1.54, 1.807) is 0 Å². The summed E-state index contributed by atoms with van der Waals surface area (Å²) in [7, 11) is 0. The fourth-order valence-corrected chi connectivity index (χ4v) is 1.85. The van der Waals surface area contributed by atoms with Gasteiger partial charge in [0, 0.05) is 6.54 Å². The minimum absolute atomic E-state index is 0.655. The summed E-state index contributed by atoms with van der Waals surface area (Å²) in [5.41, 5.74) is 5.42. The Kier molecular flexibility index (Phi) is 3.95. The summed E-state index contributed by atoms with van der Waals surface area (Å²) in [6, 6.07) is 0. The summed E-state index contributed by atoms with van der Waals surface area (Å²) in [5, 5.41) is 0. The van der Waals surface area contributed by atoms with Gasteiger partial charge in [-0.3, -0.25) is 0 Å². The fraction of sp³-hybridized carbons (Fsp3) is 0.889. The van der Waals surface area contributed by atoms with E-state index in [9.17, 15) is 0 Å². The first kappa shape index (κ1) is 9.93. The molecule has 1 atom stereocenters. The van der Waals surface area contributed by atoms with Crippen molar-refractivity contribution in [1.82, 2.24) is 4.90 Å². The normalized spacial score (nSPS) is 24.6. The maximum atomic E-state index is 5.42. The van der Waals surface area contributed by atoms with Crippen molar-refractivity contribution in [1.29, 1.82) is 0 Å². The van der Waals surface area contributed by atoms with Crippen LogP contribution >= 0.6 is 12.2 Å². The first-order valence-corrected chi connectivity index (χ1v) is 5.10. The Morgan fingerprint density at radius 2 is 2.42 bits per heavy atom. The summed E-state index contributed by atoms with van der Waals surface area (Å²) < 4.78 is 0. The zero-order valence-corrected chi connectivity index (χ0v) is 8.57. The van der Waals surface area contributed by atoms with Crippen molar-refractivity contribution >= 4 is 17.2 Å². The third-order valence-electron chi connectivity index (χ3n) is 2.41. The van der Waals surface area contributed by atoms with Gasteiger partial charge in [-0.1, -0.05) is 19.1 Å². The summed E-state index contributed by atoms with van der Waals surface area (Å²) in [6.45, 7) is 6.01. The standard InChI is InChI=1S/C9H18N2S/c1-8-4-6-11(7-8)5-2-3-9(10)12/h8H,2-7H2,1H3,(H2,10,12). The van der Waals surface area contributed by atoms with E-state index in [0.717, 1.165) is 18.8 Å². The van der Waals surface area contributed by atoms with Gasteiger partial charge in [0.2, 0.25) is 0 Å². The SMILES string of the molecule is CC1CCN(CCCC(N)=S)C1. The second-order valence-electron chi connectivity index (χ2n) is 3.76. The Morgan fingerprint density at radius 1 is 1.67 bits per heavy atom. The van der Waals surface area contributed by atoms with Crippen LogP contribution in [0.4, 0.5) is 0 Å². The molecule has 0 aromatic heterocycles. The van der Waals surface area contributed by atoms with Crippen LogP contribution in [-0.2, 0) is 0 Å². The van der Waals surface area contributed by atoms with E-state index >= 15 is 0 Å². The lowest BCUT2D eigenvalue weighted by Gasteiger charge is -2.14. The highest BCUT2D eigenvalue weighted by Gasteiger charge is 2.17. The van der Waals surface area contributed by atoms with Crippen molar-refractivity contribution in [2.45, 2.75) is 26.2 Å². The van der Waals surface area contributed by atoms with Gasteiger partial charge in [0.15, 0.2) is 0 Å². The molecule has 0 bridgehead atoms. The molecule has 1 saturated heterocycles. The van der Waals surface area contributed by atoms with Crippen LogP contribution in [0.3, 0.4) is 0 Å². The first-order chi connectivity index (χ1) is 5.68. The van der Waals surface area contributed by atoms with E-state index < -0.39 is 0 Å². The van der Waals surface area contributed by atoms with Crippen LogP contribution in [0.5, 0.6) is 0 Å². The van der Waals surface area contributed by atoms with Gasteiger partial charge in [-0.15, -0.1) is 0 Å². The highest BCUT2D eigenvalue weighted by Crippen LogP contribution is 2.14. The van der Waals surface area contributed by atoms with Gasteiger partial charge in [-0.25, -0.2) is 0 Å².